The first-order chi connectivity index (χ1) is 10.1. The van der Waals surface area contributed by atoms with Crippen LogP contribution >= 0.6 is 15.9 Å². The molecule has 0 bridgehead atoms. The zero-order valence-corrected chi connectivity index (χ0v) is 13.0. The number of carbonyl (C=O) groups is 1. The number of rotatable bonds is 4. The Balaban J connectivity index is 2.14. The number of nitriles is 1. The molecule has 0 radical (unpaired) electrons. The Hall–Kier alpha value is -2.32. The van der Waals surface area contributed by atoms with E-state index < -0.39 is 0 Å². The zero-order chi connectivity index (χ0) is 15.2. The van der Waals surface area contributed by atoms with Gasteiger partial charge in [-0.15, -0.1) is 0 Å². The van der Waals surface area contributed by atoms with Gasteiger partial charge in [0.2, 0.25) is 0 Å². The van der Waals surface area contributed by atoms with Crippen molar-refractivity contribution in [2.24, 2.45) is 0 Å². The van der Waals surface area contributed by atoms with Crippen LogP contribution in [0.2, 0.25) is 0 Å². The summed E-state index contributed by atoms with van der Waals surface area (Å²) in [5, 5.41) is 12.0. The summed E-state index contributed by atoms with van der Waals surface area (Å²) < 4.78 is 5.89. The van der Waals surface area contributed by atoms with Crippen molar-refractivity contribution in [3.8, 4) is 6.07 Å². The second-order valence-corrected chi connectivity index (χ2v) is 5.25. The van der Waals surface area contributed by atoms with E-state index in [4.69, 9.17) is 10.00 Å². The maximum absolute atomic E-state index is 10.9. The van der Waals surface area contributed by atoms with E-state index in [1.165, 1.54) is 6.92 Å². The van der Waals surface area contributed by atoms with Crippen LogP contribution in [0.4, 0.5) is 11.4 Å². The standard InChI is InChI=1S/C16H13BrN2O2/c1-11(20)21-10-13-8-15(6-7-16(13)17)19-14-4-2-12(9-18)3-5-14/h2-8,19H,10H2,1H3. The summed E-state index contributed by atoms with van der Waals surface area (Å²) in [5.41, 5.74) is 3.26. The summed E-state index contributed by atoms with van der Waals surface area (Å²) in [6, 6.07) is 15.0. The van der Waals surface area contributed by atoms with Gasteiger partial charge >= 0.3 is 5.97 Å². The van der Waals surface area contributed by atoms with Crippen molar-refractivity contribution in [1.82, 2.24) is 0 Å². The molecule has 0 aliphatic rings. The van der Waals surface area contributed by atoms with E-state index in [9.17, 15) is 4.79 Å². The van der Waals surface area contributed by atoms with Gasteiger partial charge in [0.15, 0.2) is 0 Å². The van der Waals surface area contributed by atoms with Gasteiger partial charge in [-0.25, -0.2) is 0 Å². The van der Waals surface area contributed by atoms with Crippen LogP contribution in [0.1, 0.15) is 18.1 Å². The van der Waals surface area contributed by atoms with E-state index in [0.29, 0.717) is 5.56 Å². The lowest BCUT2D eigenvalue weighted by molar-refractivity contribution is -0.142. The molecule has 21 heavy (non-hydrogen) atoms. The van der Waals surface area contributed by atoms with Crippen LogP contribution in [-0.2, 0) is 16.1 Å². The fourth-order valence-electron chi connectivity index (χ4n) is 1.74. The highest BCUT2D eigenvalue weighted by atomic mass is 79.9. The highest BCUT2D eigenvalue weighted by molar-refractivity contribution is 9.10. The van der Waals surface area contributed by atoms with E-state index in [-0.39, 0.29) is 12.6 Å². The lowest BCUT2D eigenvalue weighted by atomic mass is 10.2. The number of benzene rings is 2. The largest absolute Gasteiger partial charge is 0.461 e. The molecule has 2 aromatic rings. The van der Waals surface area contributed by atoms with Gasteiger partial charge in [-0.3, -0.25) is 4.79 Å². The third-order valence-electron chi connectivity index (χ3n) is 2.78. The van der Waals surface area contributed by atoms with Gasteiger partial charge < -0.3 is 10.1 Å². The third kappa shape index (κ3) is 4.33. The summed E-state index contributed by atoms with van der Waals surface area (Å²) in [4.78, 5) is 10.9. The summed E-state index contributed by atoms with van der Waals surface area (Å²) in [6.07, 6.45) is 0. The van der Waals surface area contributed by atoms with E-state index in [2.05, 4.69) is 27.3 Å². The molecule has 0 heterocycles. The smallest absolute Gasteiger partial charge is 0.302 e. The highest BCUT2D eigenvalue weighted by Gasteiger charge is 2.04. The summed E-state index contributed by atoms with van der Waals surface area (Å²) in [7, 11) is 0. The van der Waals surface area contributed by atoms with Crippen LogP contribution in [0, 0.1) is 11.3 Å². The predicted octanol–water partition coefficient (Wildman–Crippen LogP) is 4.13. The molecular formula is C16H13BrN2O2. The molecule has 1 N–H and O–H groups in total. The number of nitrogens with zero attached hydrogens (tertiary/aromatic N) is 1. The Labute approximate surface area is 131 Å². The van der Waals surface area contributed by atoms with Crippen LogP contribution in [0.5, 0.6) is 0 Å². The first kappa shape index (κ1) is 15.1. The number of hydrogen-bond donors (Lipinski definition) is 1. The monoisotopic (exact) mass is 344 g/mol. The van der Waals surface area contributed by atoms with Crippen molar-refractivity contribution in [2.45, 2.75) is 13.5 Å². The summed E-state index contributed by atoms with van der Waals surface area (Å²) in [5.74, 6) is -0.313. The molecule has 0 saturated heterocycles. The van der Waals surface area contributed by atoms with Crippen molar-refractivity contribution in [3.63, 3.8) is 0 Å². The average molecular weight is 345 g/mol. The number of halogens is 1. The Morgan fingerprint density at radius 3 is 2.52 bits per heavy atom. The lowest BCUT2D eigenvalue weighted by Gasteiger charge is -2.10. The van der Waals surface area contributed by atoms with E-state index >= 15 is 0 Å². The number of ether oxygens (including phenoxy) is 1. The minimum atomic E-state index is -0.313. The average Bonchev–Trinajstić information content (AvgIpc) is 2.48. The second kappa shape index (κ2) is 6.91. The number of carbonyl (C=O) groups excluding carboxylic acids is 1. The van der Waals surface area contributed by atoms with Crippen LogP contribution < -0.4 is 5.32 Å². The third-order valence-corrected chi connectivity index (χ3v) is 3.55. The molecule has 106 valence electrons. The van der Waals surface area contributed by atoms with Crippen LogP contribution in [0.3, 0.4) is 0 Å². The minimum Gasteiger partial charge on any atom is -0.461 e. The van der Waals surface area contributed by atoms with Gasteiger partial charge in [-0.2, -0.15) is 5.26 Å². The predicted molar refractivity (Wildman–Crippen MR) is 84.1 cm³/mol. The topological polar surface area (TPSA) is 62.1 Å². The maximum atomic E-state index is 10.9. The Morgan fingerprint density at radius 2 is 1.90 bits per heavy atom. The Bertz CT molecular complexity index is 690. The molecule has 0 spiro atoms. The van der Waals surface area contributed by atoms with Gasteiger partial charge in [-0.1, -0.05) is 15.9 Å². The fraction of sp³-hybridized carbons (Fsp3) is 0.125. The normalized spacial score (nSPS) is 9.76. The molecule has 0 saturated carbocycles. The highest BCUT2D eigenvalue weighted by Crippen LogP contribution is 2.24. The summed E-state index contributed by atoms with van der Waals surface area (Å²) >= 11 is 3.43. The minimum absolute atomic E-state index is 0.221. The molecule has 0 unspecified atom stereocenters. The van der Waals surface area contributed by atoms with Crippen molar-refractivity contribution in [2.75, 3.05) is 5.32 Å². The number of hydrogen-bond acceptors (Lipinski definition) is 4. The van der Waals surface area contributed by atoms with E-state index in [0.717, 1.165) is 21.4 Å². The Morgan fingerprint density at radius 1 is 1.24 bits per heavy atom. The SMILES string of the molecule is CC(=O)OCc1cc(Nc2ccc(C#N)cc2)ccc1Br. The molecule has 4 nitrogen and oxygen atoms in total. The number of anilines is 2. The molecule has 0 aliphatic carbocycles. The molecule has 2 aromatic carbocycles. The first-order valence-corrected chi connectivity index (χ1v) is 7.07. The fourth-order valence-corrected chi connectivity index (χ4v) is 2.10. The summed E-state index contributed by atoms with van der Waals surface area (Å²) in [6.45, 7) is 1.60. The van der Waals surface area contributed by atoms with E-state index in [1.807, 2.05) is 30.3 Å². The van der Waals surface area contributed by atoms with Crippen LogP contribution in [0.25, 0.3) is 0 Å². The van der Waals surface area contributed by atoms with Gasteiger partial charge in [0.05, 0.1) is 11.6 Å². The van der Waals surface area contributed by atoms with Gasteiger partial charge in [0.25, 0.3) is 0 Å². The molecule has 0 fully saturated rings. The van der Waals surface area contributed by atoms with E-state index in [1.54, 1.807) is 12.1 Å². The number of nitrogens with one attached hydrogen (secondary N) is 1. The van der Waals surface area contributed by atoms with Crippen molar-refractivity contribution >= 4 is 33.3 Å². The van der Waals surface area contributed by atoms with Crippen molar-refractivity contribution < 1.29 is 9.53 Å². The molecule has 0 amide bonds. The van der Waals surface area contributed by atoms with Crippen LogP contribution in [0.15, 0.2) is 46.9 Å². The van der Waals surface area contributed by atoms with Gasteiger partial charge in [-0.05, 0) is 42.5 Å². The molecule has 2 rings (SSSR count). The molecular weight excluding hydrogens is 332 g/mol. The molecule has 0 aromatic heterocycles. The second-order valence-electron chi connectivity index (χ2n) is 4.40. The maximum Gasteiger partial charge on any atom is 0.302 e. The van der Waals surface area contributed by atoms with Crippen molar-refractivity contribution in [1.29, 1.82) is 5.26 Å². The Kier molecular flexibility index (Phi) is 4.96. The first-order valence-electron chi connectivity index (χ1n) is 6.27. The molecule has 5 heteroatoms. The van der Waals surface area contributed by atoms with Gasteiger partial charge in [0.1, 0.15) is 6.61 Å². The molecule has 0 aliphatic heterocycles. The molecule has 0 atom stereocenters. The zero-order valence-electron chi connectivity index (χ0n) is 11.4. The van der Waals surface area contributed by atoms with Crippen molar-refractivity contribution in [3.05, 3.63) is 58.1 Å². The lowest BCUT2D eigenvalue weighted by Crippen LogP contribution is -2.00. The number of esters is 1. The van der Waals surface area contributed by atoms with Crippen LogP contribution in [-0.4, -0.2) is 5.97 Å². The quantitative estimate of drug-likeness (QED) is 0.847. The van der Waals surface area contributed by atoms with Gasteiger partial charge in [0, 0.05) is 28.3 Å².